The number of phenolic OH excluding ortho intramolecular Hbond substituents is 3. The third-order valence-corrected chi connectivity index (χ3v) is 7.04. The van der Waals surface area contributed by atoms with E-state index in [-0.39, 0.29) is 22.3 Å². The Hall–Kier alpha value is -3.29. The smallest absolute Gasteiger partial charge is 0.229 e. The molecule has 0 aliphatic carbocycles. The summed E-state index contributed by atoms with van der Waals surface area (Å²) in [6.07, 6.45) is -17.5. The molecule has 3 aromatic rings. The maximum atomic E-state index is 13.4. The van der Waals surface area contributed by atoms with E-state index < -0.39 is 103 Å². The molecular formula is C25H28O16. The highest BCUT2D eigenvalue weighted by Crippen LogP contribution is 2.39. The molecule has 2 saturated heterocycles. The molecule has 3 heterocycles. The number of rotatable bonds is 6. The summed E-state index contributed by atoms with van der Waals surface area (Å²) < 4.78 is 27.8. The molecule has 2 aromatic carbocycles. The number of hydrogen-bond donors (Lipinski definition) is 10. The summed E-state index contributed by atoms with van der Waals surface area (Å²) in [5, 5.41) is 101. The number of aliphatic hydroxyl groups is 7. The Bertz CT molecular complexity index is 1470. The Morgan fingerprint density at radius 1 is 0.707 bits per heavy atom. The lowest BCUT2D eigenvalue weighted by Gasteiger charge is -2.45. The first-order valence-corrected chi connectivity index (χ1v) is 12.4. The van der Waals surface area contributed by atoms with Gasteiger partial charge in [-0.05, 0) is 12.1 Å². The Morgan fingerprint density at radius 3 is 2.00 bits per heavy atom. The van der Waals surface area contributed by atoms with Crippen LogP contribution < -0.4 is 10.2 Å². The normalized spacial score (nSPS) is 34.2. The second-order valence-corrected chi connectivity index (χ2v) is 9.68. The predicted molar refractivity (Wildman–Crippen MR) is 132 cm³/mol. The average molecular weight is 584 g/mol. The van der Waals surface area contributed by atoms with Crippen molar-refractivity contribution in [2.45, 2.75) is 61.4 Å². The quantitative estimate of drug-likeness (QED) is 0.130. The zero-order chi connectivity index (χ0) is 29.7. The van der Waals surface area contributed by atoms with Crippen molar-refractivity contribution in [1.29, 1.82) is 0 Å². The van der Waals surface area contributed by atoms with Crippen LogP contribution in [0.3, 0.4) is 0 Å². The Morgan fingerprint density at radius 2 is 1.34 bits per heavy atom. The van der Waals surface area contributed by atoms with Gasteiger partial charge in [-0.25, -0.2) is 0 Å². The molecule has 1 aromatic heterocycles. The molecule has 10 N–H and O–H groups in total. The number of ether oxygens (including phenoxy) is 4. The first kappa shape index (κ1) is 29.2. The van der Waals surface area contributed by atoms with Gasteiger partial charge in [0.2, 0.25) is 11.7 Å². The number of benzene rings is 2. The summed E-state index contributed by atoms with van der Waals surface area (Å²) in [5.41, 5.74) is -1.25. The Balaban J connectivity index is 1.57. The van der Waals surface area contributed by atoms with Crippen molar-refractivity contribution >= 4 is 21.9 Å². The van der Waals surface area contributed by atoms with Crippen molar-refractivity contribution in [3.63, 3.8) is 0 Å². The standard InChI is InChI=1S/C25H28O16/c26-5-12-16(31)19(34)21(36)24(38-12)41-23-20(35)17(32)13(6-27)39-25(23)40-22-8(29)1-2-10-15(22)18(33)14-9(30)3-7(28)4-11(14)37-10/h1-4,12-13,16-17,19-21,23-32,34-36H,5-6H2. The summed E-state index contributed by atoms with van der Waals surface area (Å²) in [6.45, 7) is -1.61. The molecule has 5 rings (SSSR count). The maximum absolute atomic E-state index is 13.4. The molecule has 16 nitrogen and oxygen atoms in total. The summed E-state index contributed by atoms with van der Waals surface area (Å²) >= 11 is 0. The van der Waals surface area contributed by atoms with Gasteiger partial charge < -0.3 is 74.4 Å². The van der Waals surface area contributed by atoms with Crippen molar-refractivity contribution in [2.24, 2.45) is 0 Å². The fourth-order valence-electron chi connectivity index (χ4n) is 4.86. The lowest BCUT2D eigenvalue weighted by molar-refractivity contribution is -0.357. The van der Waals surface area contributed by atoms with Crippen molar-refractivity contribution in [3.8, 4) is 23.0 Å². The monoisotopic (exact) mass is 584 g/mol. The summed E-state index contributed by atoms with van der Waals surface area (Å²) in [5.74, 6) is -2.25. The predicted octanol–water partition coefficient (Wildman–Crippen LogP) is -2.93. The zero-order valence-corrected chi connectivity index (χ0v) is 20.9. The van der Waals surface area contributed by atoms with Crippen LogP contribution >= 0.6 is 0 Å². The van der Waals surface area contributed by atoms with E-state index in [9.17, 15) is 55.9 Å². The van der Waals surface area contributed by atoms with Crippen molar-refractivity contribution < 1.29 is 74.4 Å². The van der Waals surface area contributed by atoms with Crippen LogP contribution in [0.5, 0.6) is 23.0 Å². The Labute approximate surface area is 229 Å². The van der Waals surface area contributed by atoms with Crippen molar-refractivity contribution in [3.05, 3.63) is 34.5 Å². The van der Waals surface area contributed by atoms with Gasteiger partial charge >= 0.3 is 0 Å². The molecular weight excluding hydrogens is 556 g/mol. The molecule has 16 heteroatoms. The zero-order valence-electron chi connectivity index (χ0n) is 20.9. The van der Waals surface area contributed by atoms with Gasteiger partial charge in [0, 0.05) is 12.1 Å². The highest BCUT2D eigenvalue weighted by Gasteiger charge is 2.51. The SMILES string of the molecule is O=c1c2c(O)cc(O)cc2oc2ccc(O)c(OC3OC(CO)C(O)C(O)C3OC3OC(CO)C(O)C(O)C3O)c12. The van der Waals surface area contributed by atoms with E-state index in [1.807, 2.05) is 0 Å². The van der Waals surface area contributed by atoms with Crippen LogP contribution in [0.25, 0.3) is 21.9 Å². The van der Waals surface area contributed by atoms with E-state index in [0.29, 0.717) is 0 Å². The summed E-state index contributed by atoms with van der Waals surface area (Å²) in [4.78, 5) is 13.4. The lowest BCUT2D eigenvalue weighted by Crippen LogP contribution is -2.65. The van der Waals surface area contributed by atoms with Gasteiger partial charge in [0.15, 0.2) is 23.9 Å². The van der Waals surface area contributed by atoms with Gasteiger partial charge in [0.25, 0.3) is 0 Å². The van der Waals surface area contributed by atoms with Crippen molar-refractivity contribution in [1.82, 2.24) is 0 Å². The van der Waals surface area contributed by atoms with Crippen LogP contribution in [-0.4, -0.2) is 126 Å². The molecule has 10 unspecified atom stereocenters. The fourth-order valence-corrected chi connectivity index (χ4v) is 4.86. The number of fused-ring (bicyclic) bond motifs is 2. The molecule has 2 aliphatic rings. The second-order valence-electron chi connectivity index (χ2n) is 9.68. The molecule has 2 aliphatic heterocycles. The molecule has 0 amide bonds. The van der Waals surface area contributed by atoms with E-state index in [1.54, 1.807) is 0 Å². The molecule has 2 fully saturated rings. The van der Waals surface area contributed by atoms with Crippen LogP contribution in [0.4, 0.5) is 0 Å². The second kappa shape index (κ2) is 11.2. The van der Waals surface area contributed by atoms with Gasteiger partial charge in [-0.2, -0.15) is 0 Å². The molecule has 0 bridgehead atoms. The van der Waals surface area contributed by atoms with Gasteiger partial charge in [0.05, 0.1) is 13.2 Å². The molecule has 224 valence electrons. The summed E-state index contributed by atoms with van der Waals surface area (Å²) in [7, 11) is 0. The topological polar surface area (TPSA) is 269 Å². The van der Waals surface area contributed by atoms with Crippen LogP contribution in [0, 0.1) is 0 Å². The van der Waals surface area contributed by atoms with Gasteiger partial charge in [-0.15, -0.1) is 0 Å². The van der Waals surface area contributed by atoms with Crippen LogP contribution in [-0.2, 0) is 14.2 Å². The minimum Gasteiger partial charge on any atom is -0.508 e. The van der Waals surface area contributed by atoms with Gasteiger partial charge in [-0.3, -0.25) is 4.79 Å². The van der Waals surface area contributed by atoms with Gasteiger partial charge in [-0.1, -0.05) is 0 Å². The van der Waals surface area contributed by atoms with Crippen molar-refractivity contribution in [2.75, 3.05) is 13.2 Å². The molecule has 0 radical (unpaired) electrons. The highest BCUT2D eigenvalue weighted by atomic mass is 16.8. The van der Waals surface area contributed by atoms with Gasteiger partial charge in [0.1, 0.15) is 76.2 Å². The lowest BCUT2D eigenvalue weighted by atomic mass is 9.97. The molecule has 41 heavy (non-hydrogen) atoms. The van der Waals surface area contributed by atoms with E-state index in [0.717, 1.165) is 18.2 Å². The van der Waals surface area contributed by atoms with E-state index in [1.165, 1.54) is 6.07 Å². The first-order chi connectivity index (χ1) is 19.5. The molecule has 0 spiro atoms. The fraction of sp³-hybridized carbons (Fsp3) is 0.480. The minimum absolute atomic E-state index is 0.165. The molecule has 10 atom stereocenters. The van der Waals surface area contributed by atoms with Crippen LogP contribution in [0.2, 0.25) is 0 Å². The first-order valence-electron chi connectivity index (χ1n) is 12.4. The Kier molecular flexibility index (Phi) is 7.96. The maximum Gasteiger partial charge on any atom is 0.229 e. The van der Waals surface area contributed by atoms with E-state index >= 15 is 0 Å². The number of aromatic hydroxyl groups is 3. The number of hydrogen-bond acceptors (Lipinski definition) is 16. The average Bonchev–Trinajstić information content (AvgIpc) is 2.93. The largest absolute Gasteiger partial charge is 0.508 e. The highest BCUT2D eigenvalue weighted by molar-refractivity contribution is 5.97. The van der Waals surface area contributed by atoms with E-state index in [4.69, 9.17) is 23.4 Å². The third-order valence-electron chi connectivity index (χ3n) is 7.04. The minimum atomic E-state index is -1.92. The molecule has 0 saturated carbocycles. The van der Waals surface area contributed by atoms with Crippen LogP contribution in [0.1, 0.15) is 0 Å². The third kappa shape index (κ3) is 5.04. The van der Waals surface area contributed by atoms with E-state index in [2.05, 4.69) is 0 Å². The number of aliphatic hydroxyl groups excluding tert-OH is 7. The van der Waals surface area contributed by atoms with Crippen LogP contribution in [0.15, 0.2) is 33.5 Å². The summed E-state index contributed by atoms with van der Waals surface area (Å²) in [6, 6.07) is 4.27. The number of phenols is 3.